The van der Waals surface area contributed by atoms with Crippen LogP contribution in [0.15, 0.2) is 18.2 Å². The maximum Gasteiger partial charge on any atom is 0.253 e. The normalized spacial score (nSPS) is 24.7. The summed E-state index contributed by atoms with van der Waals surface area (Å²) in [7, 11) is 0. The van der Waals surface area contributed by atoms with E-state index in [9.17, 15) is 4.79 Å². The molecular formula is C20H26N2O. The molecule has 1 saturated heterocycles. The highest BCUT2D eigenvalue weighted by Gasteiger charge is 2.33. The second-order valence-corrected chi connectivity index (χ2v) is 7.48. The maximum atomic E-state index is 13.0. The molecule has 4 rings (SSSR count). The number of rotatable bonds is 1. The van der Waals surface area contributed by atoms with Gasteiger partial charge in [0.15, 0.2) is 0 Å². The van der Waals surface area contributed by atoms with E-state index in [0.717, 1.165) is 36.0 Å². The highest BCUT2D eigenvalue weighted by Crippen LogP contribution is 2.36. The van der Waals surface area contributed by atoms with Crippen molar-refractivity contribution in [1.82, 2.24) is 9.88 Å². The van der Waals surface area contributed by atoms with Crippen LogP contribution in [0, 0.1) is 25.7 Å². The van der Waals surface area contributed by atoms with Crippen LogP contribution in [0.2, 0.25) is 0 Å². The van der Waals surface area contributed by atoms with Crippen molar-refractivity contribution in [1.29, 1.82) is 0 Å². The molecule has 0 bridgehead atoms. The number of piperidine rings is 1. The van der Waals surface area contributed by atoms with Crippen LogP contribution in [-0.4, -0.2) is 28.9 Å². The molecule has 3 nitrogen and oxygen atoms in total. The van der Waals surface area contributed by atoms with Crippen molar-refractivity contribution in [2.75, 3.05) is 13.1 Å². The number of hydrogen-bond donors (Lipinski definition) is 1. The summed E-state index contributed by atoms with van der Waals surface area (Å²) in [6, 6.07) is 6.10. The van der Waals surface area contributed by atoms with Crippen molar-refractivity contribution in [3.63, 3.8) is 0 Å². The van der Waals surface area contributed by atoms with Crippen LogP contribution in [0.3, 0.4) is 0 Å². The number of hydrogen-bond acceptors (Lipinski definition) is 1. The molecule has 0 spiro atoms. The van der Waals surface area contributed by atoms with E-state index in [1.54, 1.807) is 0 Å². The van der Waals surface area contributed by atoms with Gasteiger partial charge in [-0.25, -0.2) is 0 Å². The molecule has 122 valence electrons. The van der Waals surface area contributed by atoms with Crippen LogP contribution >= 0.6 is 0 Å². The predicted octanol–water partition coefficient (Wildman–Crippen LogP) is 4.44. The Morgan fingerprint density at radius 3 is 2.74 bits per heavy atom. The summed E-state index contributed by atoms with van der Waals surface area (Å²) >= 11 is 0. The van der Waals surface area contributed by atoms with E-state index >= 15 is 0 Å². The fourth-order valence-corrected chi connectivity index (χ4v) is 4.56. The number of fused-ring (bicyclic) bond motifs is 2. The van der Waals surface area contributed by atoms with E-state index in [0.29, 0.717) is 0 Å². The zero-order chi connectivity index (χ0) is 16.0. The third-order valence-corrected chi connectivity index (χ3v) is 6.13. The second kappa shape index (κ2) is 5.70. The Morgan fingerprint density at radius 1 is 1.13 bits per heavy atom. The van der Waals surface area contributed by atoms with Crippen molar-refractivity contribution in [2.24, 2.45) is 11.8 Å². The predicted molar refractivity (Wildman–Crippen MR) is 93.7 cm³/mol. The number of nitrogens with zero attached hydrogens (tertiary/aromatic N) is 1. The Kier molecular flexibility index (Phi) is 3.67. The molecule has 2 fully saturated rings. The van der Waals surface area contributed by atoms with Gasteiger partial charge >= 0.3 is 0 Å². The lowest BCUT2D eigenvalue weighted by Crippen LogP contribution is -2.44. The Hall–Kier alpha value is -1.77. The highest BCUT2D eigenvalue weighted by atomic mass is 16.2. The summed E-state index contributed by atoms with van der Waals surface area (Å²) in [6.07, 6.45) is 6.61. The molecule has 1 aliphatic heterocycles. The van der Waals surface area contributed by atoms with Crippen molar-refractivity contribution in [3.8, 4) is 0 Å². The fourth-order valence-electron chi connectivity index (χ4n) is 4.56. The van der Waals surface area contributed by atoms with Crippen molar-refractivity contribution in [3.05, 3.63) is 35.0 Å². The minimum absolute atomic E-state index is 0.217. The quantitative estimate of drug-likeness (QED) is 0.830. The molecule has 2 heterocycles. The third kappa shape index (κ3) is 2.56. The molecule has 23 heavy (non-hydrogen) atoms. The first-order valence-electron chi connectivity index (χ1n) is 9.01. The van der Waals surface area contributed by atoms with Gasteiger partial charge in [-0.05, 0) is 62.3 Å². The van der Waals surface area contributed by atoms with Crippen molar-refractivity contribution < 1.29 is 4.79 Å². The molecule has 1 aromatic heterocycles. The molecule has 0 unspecified atom stereocenters. The Balaban J connectivity index is 1.58. The first-order chi connectivity index (χ1) is 11.1. The van der Waals surface area contributed by atoms with Crippen LogP contribution in [0.25, 0.3) is 10.9 Å². The number of amides is 1. The molecule has 3 heteroatoms. The summed E-state index contributed by atoms with van der Waals surface area (Å²) < 4.78 is 0. The van der Waals surface area contributed by atoms with Gasteiger partial charge in [0.2, 0.25) is 0 Å². The van der Waals surface area contributed by atoms with E-state index in [4.69, 9.17) is 0 Å². The summed E-state index contributed by atoms with van der Waals surface area (Å²) in [4.78, 5) is 18.4. The standard InChI is InChI=1S/C20H26N2O/c1-13-14(2)21-19-8-7-16(11-18(13)19)20(23)22-10-9-15-5-3-4-6-17(15)12-22/h7-8,11,15,17,21H,3-6,9-10,12H2,1-2H3/t15-,17+/m0/s1. The number of aromatic amines is 1. The SMILES string of the molecule is Cc1[nH]c2ccc(C(=O)N3CC[C@@H]4CCCC[C@@H]4C3)cc2c1C. The fraction of sp³-hybridized carbons (Fsp3) is 0.550. The molecule has 1 amide bonds. The average molecular weight is 310 g/mol. The summed E-state index contributed by atoms with van der Waals surface area (Å²) in [5.74, 6) is 1.82. The molecule has 1 aromatic carbocycles. The van der Waals surface area contributed by atoms with Gasteiger partial charge in [-0.3, -0.25) is 4.79 Å². The molecule has 0 radical (unpaired) electrons. The van der Waals surface area contributed by atoms with Gasteiger partial charge < -0.3 is 9.88 Å². The number of benzene rings is 1. The molecular weight excluding hydrogens is 284 g/mol. The number of carbonyl (C=O) groups is 1. The molecule has 1 aliphatic carbocycles. The molecule has 2 atom stereocenters. The molecule has 2 aromatic rings. The Morgan fingerprint density at radius 2 is 1.91 bits per heavy atom. The van der Waals surface area contributed by atoms with E-state index in [2.05, 4.69) is 35.9 Å². The zero-order valence-corrected chi connectivity index (χ0v) is 14.2. The van der Waals surface area contributed by atoms with Crippen molar-refractivity contribution in [2.45, 2.75) is 46.0 Å². The van der Waals surface area contributed by atoms with E-state index in [-0.39, 0.29) is 5.91 Å². The lowest BCUT2D eigenvalue weighted by Gasteiger charge is -2.41. The van der Waals surface area contributed by atoms with E-state index in [1.165, 1.54) is 48.7 Å². The van der Waals surface area contributed by atoms with Gasteiger partial charge in [0.25, 0.3) is 5.91 Å². The maximum absolute atomic E-state index is 13.0. The number of nitrogens with one attached hydrogen (secondary N) is 1. The summed E-state index contributed by atoms with van der Waals surface area (Å²) in [5.41, 5.74) is 4.41. The van der Waals surface area contributed by atoms with Crippen LogP contribution in [0.4, 0.5) is 0 Å². The lowest BCUT2D eigenvalue weighted by molar-refractivity contribution is 0.0521. The van der Waals surface area contributed by atoms with Crippen LogP contribution in [-0.2, 0) is 0 Å². The smallest absolute Gasteiger partial charge is 0.253 e. The van der Waals surface area contributed by atoms with Crippen LogP contribution in [0.1, 0.15) is 53.7 Å². The largest absolute Gasteiger partial charge is 0.358 e. The topological polar surface area (TPSA) is 36.1 Å². The van der Waals surface area contributed by atoms with Crippen molar-refractivity contribution >= 4 is 16.8 Å². The van der Waals surface area contributed by atoms with E-state index in [1.807, 2.05) is 6.07 Å². The highest BCUT2D eigenvalue weighted by molar-refractivity contribution is 5.99. The monoisotopic (exact) mass is 310 g/mol. The van der Waals surface area contributed by atoms with Crippen LogP contribution < -0.4 is 0 Å². The molecule has 1 N–H and O–H groups in total. The van der Waals surface area contributed by atoms with Gasteiger partial charge in [0.05, 0.1) is 0 Å². The summed E-state index contributed by atoms with van der Waals surface area (Å²) in [5, 5.41) is 1.18. The first kappa shape index (κ1) is 14.8. The van der Waals surface area contributed by atoms with Gasteiger partial charge in [-0.2, -0.15) is 0 Å². The second-order valence-electron chi connectivity index (χ2n) is 7.48. The molecule has 1 saturated carbocycles. The van der Waals surface area contributed by atoms with E-state index < -0.39 is 0 Å². The minimum atomic E-state index is 0.217. The van der Waals surface area contributed by atoms with Gasteiger partial charge in [0.1, 0.15) is 0 Å². The number of likely N-dealkylation sites (tertiary alicyclic amines) is 1. The third-order valence-electron chi connectivity index (χ3n) is 6.13. The number of carbonyl (C=O) groups excluding carboxylic acids is 1. The number of aryl methyl sites for hydroxylation is 2. The van der Waals surface area contributed by atoms with Gasteiger partial charge in [-0.1, -0.05) is 19.3 Å². The number of aromatic nitrogens is 1. The minimum Gasteiger partial charge on any atom is -0.358 e. The lowest BCUT2D eigenvalue weighted by atomic mass is 9.75. The average Bonchev–Trinajstić information content (AvgIpc) is 2.88. The van der Waals surface area contributed by atoms with Crippen LogP contribution in [0.5, 0.6) is 0 Å². The first-order valence-corrected chi connectivity index (χ1v) is 9.01. The number of H-pyrrole nitrogens is 1. The Labute approximate surface area is 138 Å². The summed E-state index contributed by atoms with van der Waals surface area (Å²) in [6.45, 7) is 6.11. The van der Waals surface area contributed by atoms with Gasteiger partial charge in [0, 0.05) is 35.2 Å². The zero-order valence-electron chi connectivity index (χ0n) is 14.2. The van der Waals surface area contributed by atoms with Gasteiger partial charge in [-0.15, -0.1) is 0 Å². The Bertz CT molecular complexity index is 745. The molecule has 2 aliphatic rings.